The molecule has 6 heteroatoms. The Balaban J connectivity index is 1.92. The Labute approximate surface area is 113 Å². The average molecular weight is 264 g/mol. The molecule has 1 saturated heterocycles. The molecule has 6 nitrogen and oxygen atoms in total. The van der Waals surface area contributed by atoms with Gasteiger partial charge in [0.1, 0.15) is 5.82 Å². The van der Waals surface area contributed by atoms with Crippen LogP contribution in [0.2, 0.25) is 0 Å². The van der Waals surface area contributed by atoms with E-state index in [-0.39, 0.29) is 10.6 Å². The fraction of sp³-hybridized carbons (Fsp3) is 0.615. The Hall–Kier alpha value is -1.69. The third-order valence-corrected chi connectivity index (χ3v) is 3.68. The summed E-state index contributed by atoms with van der Waals surface area (Å²) in [5.74, 6) is 1.22. The molecule has 0 amide bonds. The van der Waals surface area contributed by atoms with E-state index in [1.165, 1.54) is 6.07 Å². The van der Waals surface area contributed by atoms with Gasteiger partial charge in [0, 0.05) is 18.3 Å². The molecule has 19 heavy (non-hydrogen) atoms. The number of pyridine rings is 1. The summed E-state index contributed by atoms with van der Waals surface area (Å²) in [6.45, 7) is 4.77. The summed E-state index contributed by atoms with van der Waals surface area (Å²) >= 11 is 0. The normalized spacial score (nSPS) is 17.4. The summed E-state index contributed by atoms with van der Waals surface area (Å²) in [6.07, 6.45) is 3.88. The van der Waals surface area contributed by atoms with E-state index >= 15 is 0 Å². The minimum Gasteiger partial charge on any atom is -0.370 e. The molecular formula is C13H20N4O2. The van der Waals surface area contributed by atoms with Gasteiger partial charge in [-0.2, -0.15) is 0 Å². The lowest BCUT2D eigenvalue weighted by molar-refractivity contribution is -0.385. The van der Waals surface area contributed by atoms with Crippen molar-refractivity contribution in [3.63, 3.8) is 0 Å². The Morgan fingerprint density at radius 2 is 2.21 bits per heavy atom. The summed E-state index contributed by atoms with van der Waals surface area (Å²) in [5.41, 5.74) is 0.718. The van der Waals surface area contributed by atoms with Crippen molar-refractivity contribution in [1.82, 2.24) is 9.88 Å². The summed E-state index contributed by atoms with van der Waals surface area (Å²) in [6, 6.07) is 1.52. The van der Waals surface area contributed by atoms with Crippen LogP contribution >= 0.6 is 0 Å². The van der Waals surface area contributed by atoms with E-state index in [1.807, 2.05) is 0 Å². The molecule has 1 aliphatic heterocycles. The van der Waals surface area contributed by atoms with Gasteiger partial charge in [0.25, 0.3) is 5.69 Å². The molecule has 0 radical (unpaired) electrons. The van der Waals surface area contributed by atoms with Gasteiger partial charge in [-0.15, -0.1) is 0 Å². The number of rotatable bonds is 4. The zero-order valence-corrected chi connectivity index (χ0v) is 11.4. The SMILES string of the molecule is Cc1cnc(NCC2CCN(C)CC2)cc1[N+](=O)[O-]. The number of hydrogen-bond acceptors (Lipinski definition) is 5. The lowest BCUT2D eigenvalue weighted by Gasteiger charge is -2.29. The summed E-state index contributed by atoms with van der Waals surface area (Å²) < 4.78 is 0. The number of nitro groups is 1. The van der Waals surface area contributed by atoms with Crippen LogP contribution in [0.25, 0.3) is 0 Å². The predicted molar refractivity (Wildman–Crippen MR) is 74.3 cm³/mol. The van der Waals surface area contributed by atoms with Crippen LogP contribution < -0.4 is 5.32 Å². The summed E-state index contributed by atoms with van der Waals surface area (Å²) in [5, 5.41) is 14.1. The number of aryl methyl sites for hydroxylation is 1. The first-order chi connectivity index (χ1) is 9.06. The lowest BCUT2D eigenvalue weighted by Crippen LogP contribution is -2.33. The first-order valence-corrected chi connectivity index (χ1v) is 6.59. The van der Waals surface area contributed by atoms with Gasteiger partial charge >= 0.3 is 0 Å². The third kappa shape index (κ3) is 3.64. The van der Waals surface area contributed by atoms with Crippen LogP contribution in [0.15, 0.2) is 12.3 Å². The molecule has 1 aromatic rings. The Bertz CT molecular complexity index is 456. The molecule has 0 aromatic carbocycles. The van der Waals surface area contributed by atoms with Crippen molar-refractivity contribution in [2.45, 2.75) is 19.8 Å². The largest absolute Gasteiger partial charge is 0.370 e. The zero-order valence-electron chi connectivity index (χ0n) is 11.4. The van der Waals surface area contributed by atoms with E-state index in [2.05, 4.69) is 22.2 Å². The summed E-state index contributed by atoms with van der Waals surface area (Å²) in [4.78, 5) is 17.0. The van der Waals surface area contributed by atoms with E-state index in [0.29, 0.717) is 17.3 Å². The Morgan fingerprint density at radius 3 is 2.84 bits per heavy atom. The lowest BCUT2D eigenvalue weighted by atomic mass is 9.97. The molecule has 2 heterocycles. The van der Waals surface area contributed by atoms with Crippen molar-refractivity contribution in [3.05, 3.63) is 27.9 Å². The molecule has 0 unspecified atom stereocenters. The Kier molecular flexibility index (Phi) is 4.31. The highest BCUT2D eigenvalue weighted by molar-refractivity contribution is 5.48. The van der Waals surface area contributed by atoms with Crippen molar-refractivity contribution in [2.24, 2.45) is 5.92 Å². The van der Waals surface area contributed by atoms with Gasteiger partial charge in [-0.25, -0.2) is 4.98 Å². The summed E-state index contributed by atoms with van der Waals surface area (Å²) in [7, 11) is 2.13. The number of hydrogen-bond donors (Lipinski definition) is 1. The molecule has 0 spiro atoms. The highest BCUT2D eigenvalue weighted by atomic mass is 16.6. The standard InChI is InChI=1S/C13H20N4O2/c1-10-8-14-13(7-12(10)17(18)19)15-9-11-3-5-16(2)6-4-11/h7-8,11H,3-6,9H2,1-2H3,(H,14,15). The highest BCUT2D eigenvalue weighted by Gasteiger charge is 2.17. The van der Waals surface area contributed by atoms with Crippen molar-refractivity contribution in [3.8, 4) is 0 Å². The topological polar surface area (TPSA) is 71.3 Å². The number of anilines is 1. The van der Waals surface area contributed by atoms with Crippen molar-refractivity contribution >= 4 is 11.5 Å². The van der Waals surface area contributed by atoms with E-state index in [0.717, 1.165) is 32.5 Å². The molecule has 1 N–H and O–H groups in total. The molecule has 0 aliphatic carbocycles. The van der Waals surface area contributed by atoms with Crippen molar-refractivity contribution in [1.29, 1.82) is 0 Å². The van der Waals surface area contributed by atoms with Gasteiger partial charge in [-0.3, -0.25) is 10.1 Å². The highest BCUT2D eigenvalue weighted by Crippen LogP contribution is 2.21. The van der Waals surface area contributed by atoms with E-state index < -0.39 is 0 Å². The number of piperidine rings is 1. The van der Waals surface area contributed by atoms with Crippen LogP contribution in [-0.4, -0.2) is 41.5 Å². The minimum atomic E-state index is -0.363. The average Bonchev–Trinajstić information content (AvgIpc) is 2.39. The maximum atomic E-state index is 10.9. The van der Waals surface area contributed by atoms with E-state index in [1.54, 1.807) is 13.1 Å². The second-order valence-corrected chi connectivity index (χ2v) is 5.24. The molecule has 0 saturated carbocycles. The fourth-order valence-electron chi connectivity index (χ4n) is 2.32. The molecule has 1 fully saturated rings. The number of nitrogens with zero attached hydrogens (tertiary/aromatic N) is 3. The first-order valence-electron chi connectivity index (χ1n) is 6.59. The number of aromatic nitrogens is 1. The molecule has 1 aliphatic rings. The van der Waals surface area contributed by atoms with Gasteiger partial charge in [-0.1, -0.05) is 0 Å². The smallest absolute Gasteiger partial charge is 0.277 e. The van der Waals surface area contributed by atoms with Crippen molar-refractivity contribution in [2.75, 3.05) is 32.0 Å². The Morgan fingerprint density at radius 1 is 1.53 bits per heavy atom. The second kappa shape index (κ2) is 5.97. The minimum absolute atomic E-state index is 0.126. The molecule has 2 rings (SSSR count). The molecule has 0 atom stereocenters. The van der Waals surface area contributed by atoms with Crippen LogP contribution in [0.5, 0.6) is 0 Å². The quantitative estimate of drug-likeness (QED) is 0.665. The predicted octanol–water partition coefficient (Wildman–Crippen LogP) is 2.05. The van der Waals surface area contributed by atoms with Crippen LogP contribution in [0, 0.1) is 23.0 Å². The zero-order chi connectivity index (χ0) is 13.8. The number of nitrogens with one attached hydrogen (secondary N) is 1. The fourth-order valence-corrected chi connectivity index (χ4v) is 2.32. The van der Waals surface area contributed by atoms with E-state index in [4.69, 9.17) is 0 Å². The maximum absolute atomic E-state index is 10.9. The van der Waals surface area contributed by atoms with Gasteiger partial charge in [0.05, 0.1) is 11.0 Å². The van der Waals surface area contributed by atoms with Crippen LogP contribution in [0.1, 0.15) is 18.4 Å². The van der Waals surface area contributed by atoms with Gasteiger partial charge in [-0.05, 0) is 45.8 Å². The van der Waals surface area contributed by atoms with Gasteiger partial charge < -0.3 is 10.2 Å². The van der Waals surface area contributed by atoms with Crippen LogP contribution in [-0.2, 0) is 0 Å². The van der Waals surface area contributed by atoms with Crippen molar-refractivity contribution < 1.29 is 4.92 Å². The second-order valence-electron chi connectivity index (χ2n) is 5.24. The molecular weight excluding hydrogens is 244 g/mol. The third-order valence-electron chi connectivity index (χ3n) is 3.68. The van der Waals surface area contributed by atoms with Gasteiger partial charge in [0.2, 0.25) is 0 Å². The van der Waals surface area contributed by atoms with Crippen LogP contribution in [0.3, 0.4) is 0 Å². The van der Waals surface area contributed by atoms with Crippen LogP contribution in [0.4, 0.5) is 11.5 Å². The molecule has 1 aromatic heterocycles. The maximum Gasteiger partial charge on any atom is 0.277 e. The van der Waals surface area contributed by atoms with E-state index in [9.17, 15) is 10.1 Å². The molecule has 0 bridgehead atoms. The first kappa shape index (κ1) is 13.7. The monoisotopic (exact) mass is 264 g/mol. The van der Waals surface area contributed by atoms with Gasteiger partial charge in [0.15, 0.2) is 0 Å². The molecule has 104 valence electrons. The number of likely N-dealkylation sites (tertiary alicyclic amines) is 1.